The molecule has 0 unspecified atom stereocenters. The number of esters is 1. The molecule has 0 radical (unpaired) electrons. The van der Waals surface area contributed by atoms with Crippen LogP contribution in [-0.2, 0) is 64.8 Å². The van der Waals surface area contributed by atoms with Crippen LogP contribution in [0.5, 0.6) is 0 Å². The number of carbonyl (C=O) groups excluding carboxylic acids is 3. The van der Waals surface area contributed by atoms with Crippen LogP contribution in [0.2, 0.25) is 0 Å². The van der Waals surface area contributed by atoms with Crippen molar-refractivity contribution in [2.45, 2.75) is 86.9 Å². The summed E-state index contributed by atoms with van der Waals surface area (Å²) in [6.07, 6.45) is 12.9. The van der Waals surface area contributed by atoms with E-state index in [4.69, 9.17) is 21.9 Å². The highest BCUT2D eigenvalue weighted by molar-refractivity contribution is 8.77. The summed E-state index contributed by atoms with van der Waals surface area (Å²) in [5.74, 6) is 7.39. The van der Waals surface area contributed by atoms with Crippen molar-refractivity contribution in [3.8, 4) is 0 Å². The minimum atomic E-state index is -0.626. The Hall–Kier alpha value is -9.47. The fraction of sp³-hybridized carbons (Fsp3) is 0.410. The van der Waals surface area contributed by atoms with Gasteiger partial charge in [-0.1, -0.05) is 92.8 Å². The normalized spacial score (nSPS) is 11.3. The molecule has 0 aliphatic carbocycles. The number of fused-ring (bicyclic) bond motifs is 3. The number of ether oxygens (including phenoxy) is 1. The smallest absolute Gasteiger partial charge is 0.361 e. The Labute approximate surface area is 631 Å². The lowest BCUT2D eigenvalue weighted by molar-refractivity contribution is -0.689. The van der Waals surface area contributed by atoms with Crippen molar-refractivity contribution in [3.05, 3.63) is 169 Å². The maximum atomic E-state index is 12.4. The van der Waals surface area contributed by atoms with Crippen molar-refractivity contribution in [3.63, 3.8) is 0 Å². The van der Waals surface area contributed by atoms with Crippen molar-refractivity contribution in [1.29, 1.82) is 0 Å². The van der Waals surface area contributed by atoms with E-state index in [1.54, 1.807) is 95.8 Å². The first kappa shape index (κ1) is 78.1. The zero-order chi connectivity index (χ0) is 74.8. The molecule has 12 aromatic heterocycles. The first-order valence-electron chi connectivity index (χ1n) is 32.3. The van der Waals surface area contributed by atoms with Crippen LogP contribution in [0.25, 0.3) is 16.9 Å². The number of nitrogens with two attached hydrogens (primary N) is 3. The average Bonchev–Trinajstić information content (AvgIpc) is 1.68. The van der Waals surface area contributed by atoms with E-state index in [1.807, 2.05) is 32.5 Å². The van der Waals surface area contributed by atoms with E-state index in [9.17, 15) is 28.8 Å². The maximum absolute atomic E-state index is 12.4. The number of rotatable bonds is 30. The first-order valence-corrected chi connectivity index (χ1v) is 41.1. The second-order valence-electron chi connectivity index (χ2n) is 23.1. The number of thioether (sulfide) groups is 1. The van der Waals surface area contributed by atoms with Gasteiger partial charge >= 0.3 is 23.0 Å². The van der Waals surface area contributed by atoms with E-state index in [1.165, 1.54) is 80.6 Å². The zero-order valence-electron chi connectivity index (χ0n) is 58.6. The highest BCUT2D eigenvalue weighted by atomic mass is 33.1. The number of amides is 2. The molecule has 0 atom stereocenters. The molecule has 0 aliphatic heterocycles. The number of thiazole rings is 3. The van der Waals surface area contributed by atoms with Crippen LogP contribution in [0.15, 0.2) is 68.5 Å². The lowest BCUT2D eigenvalue weighted by Crippen LogP contribution is -2.35. The molecule has 0 saturated heterocycles. The molecule has 44 heteroatoms. The summed E-state index contributed by atoms with van der Waals surface area (Å²) >= 11 is 7.05. The van der Waals surface area contributed by atoms with Crippen molar-refractivity contribution in [1.82, 2.24) is 114 Å². The van der Waals surface area contributed by atoms with Gasteiger partial charge in [-0.3, -0.25) is 9.59 Å². The zero-order valence-corrected chi connectivity index (χ0v) is 65.1. The van der Waals surface area contributed by atoms with Gasteiger partial charge < -0.3 is 32.6 Å². The number of anilines is 3. The number of carbonyl (C=O) groups is 3. The topological polar surface area (TPSA) is 447 Å². The molecule has 552 valence electrons. The number of hydrogen-bond acceptors (Lipinski definition) is 33. The summed E-state index contributed by atoms with van der Waals surface area (Å²) in [7, 11) is 11.3. The fourth-order valence-electron chi connectivity index (χ4n) is 9.86. The predicted octanol–water partition coefficient (Wildman–Crippen LogP) is 1.86. The molecule has 12 rings (SSSR count). The van der Waals surface area contributed by atoms with Gasteiger partial charge in [-0.15, -0.1) is 15.3 Å². The third-order valence-corrected chi connectivity index (χ3v) is 25.0. The lowest BCUT2D eigenvalue weighted by Gasteiger charge is -2.04. The summed E-state index contributed by atoms with van der Waals surface area (Å²) in [5, 5.41) is 28.4. The third-order valence-electron chi connectivity index (χ3n) is 15.8. The summed E-state index contributed by atoms with van der Waals surface area (Å²) < 4.78 is 18.6. The van der Waals surface area contributed by atoms with Gasteiger partial charge in [0.2, 0.25) is 16.5 Å². The molecule has 0 saturated carbocycles. The van der Waals surface area contributed by atoms with Crippen molar-refractivity contribution < 1.29 is 32.8 Å². The molecule has 0 spiro atoms. The Morgan fingerprint density at radius 1 is 0.476 bits per heavy atom. The molecule has 2 amide bonds. The molecule has 0 bridgehead atoms. The van der Waals surface area contributed by atoms with Gasteiger partial charge in [-0.2, -0.15) is 39.5 Å². The van der Waals surface area contributed by atoms with Gasteiger partial charge in [0.05, 0.1) is 31.3 Å². The quantitative estimate of drug-likeness (QED) is 0.0186. The number of hydrogen-bond donors (Lipinski definition) is 5. The minimum Gasteiger partial charge on any atom is -0.460 e. The van der Waals surface area contributed by atoms with Gasteiger partial charge in [0.25, 0.3) is 11.8 Å². The minimum absolute atomic E-state index is 0.0201. The van der Waals surface area contributed by atoms with Crippen LogP contribution in [-0.4, -0.2) is 175 Å². The maximum Gasteiger partial charge on any atom is 0.361 e. The van der Waals surface area contributed by atoms with Crippen LogP contribution in [0, 0.1) is 41.5 Å². The standard InChI is InChI=1S/C21H26N10O2S2.C20H24N10O2S3.C20H24N9O3S3/c1-13-16(35-12-30(13)10-15-9-24-14(2)26-18(15)22)5-8-34-7-4-6-23-20(32)17-19-27-28-29(3)21(33)31(19)11-25-17;1-12-15(33-11-29(12)9-14-8-23-13(2)25-17(14)21)4-6-34-35-7-5-22-19(31)16-18-26-27-28(3)20(32)30(18)10-24-16;1-12-15(33-11-28(12)9-14-8-22-13(2)24-17(14)21)4-6-34-35-7-5-32-19(30)16-18-25-26-27(3)20(31)29(18)10-23-16/h9,11-12H,4-8,10H2,1-3H3,(H2-,22,23,24,26,32);8,10-11H,4-7,9H2,1-3H3,(H2-,21,22,23,25,31);8,10-11H,4-7,9H2,1-3H3,(H2,21,22,24)/q;;+1/p+2. The van der Waals surface area contributed by atoms with Gasteiger partial charge in [0.1, 0.15) is 60.5 Å². The largest absolute Gasteiger partial charge is 0.460 e. The van der Waals surface area contributed by atoms with Gasteiger partial charge in [0.15, 0.2) is 70.7 Å². The number of nitrogen functional groups attached to an aromatic ring is 3. The van der Waals surface area contributed by atoms with Crippen molar-refractivity contribution in [2.75, 3.05) is 71.4 Å². The van der Waals surface area contributed by atoms with E-state index in [2.05, 4.69) is 137 Å². The molecule has 0 aliphatic rings. The predicted molar refractivity (Wildman–Crippen MR) is 405 cm³/mol. The first-order chi connectivity index (χ1) is 50.5. The molecule has 12 aromatic rings. The molecule has 12 heterocycles. The van der Waals surface area contributed by atoms with Gasteiger partial charge in [-0.05, 0) is 58.0 Å². The summed E-state index contributed by atoms with van der Waals surface area (Å²) in [5.41, 5.74) is 30.1. The van der Waals surface area contributed by atoms with Crippen LogP contribution in [0.1, 0.15) is 104 Å². The summed E-state index contributed by atoms with van der Waals surface area (Å²) in [6, 6.07) is 0. The molecule has 0 aromatic carbocycles. The van der Waals surface area contributed by atoms with Crippen LogP contribution < -0.4 is 58.6 Å². The molecular formula is C61H76N29O7S8+3. The van der Waals surface area contributed by atoms with Gasteiger partial charge in [0, 0.05) is 96.6 Å². The Kier molecular flexibility index (Phi) is 27.5. The van der Waals surface area contributed by atoms with E-state index < -0.39 is 23.0 Å². The molecule has 105 heavy (non-hydrogen) atoms. The number of aromatic nitrogens is 24. The van der Waals surface area contributed by atoms with Gasteiger partial charge in [-0.25, -0.2) is 77.2 Å². The Morgan fingerprint density at radius 2 is 0.838 bits per heavy atom. The number of aryl methyl sites for hydroxylation is 9. The molecule has 0 fully saturated rings. The van der Waals surface area contributed by atoms with E-state index in [0.717, 1.165) is 89.6 Å². The summed E-state index contributed by atoms with van der Waals surface area (Å²) in [6.45, 7) is 15.0. The van der Waals surface area contributed by atoms with E-state index in [-0.39, 0.29) is 52.4 Å². The average molecular weight is 1580 g/mol. The monoisotopic (exact) mass is 1580 g/mol. The SMILES string of the molecule is Cc1ncc(C[n+]2csc(CCSCCCNC(=O)c3ncn4c(=O)n(C)nnc34)c2C)c(N)n1.Cc1ncc(C[n+]2csc(CCSSCCNC(=O)c3ncn4c(=O)n(C)nnc34)c2C)c(N)n1.Cc1ncc(C[n+]2csc(CCSSCCOC(=O)c3ncn4c(=O)n(C)nnc34)c2C)c(N)n1. The lowest BCUT2D eigenvalue weighted by atomic mass is 10.2. The second-order valence-corrected chi connectivity index (χ2v) is 32.5. The van der Waals surface area contributed by atoms with Crippen LogP contribution in [0.3, 0.4) is 0 Å². The van der Waals surface area contributed by atoms with E-state index in [0.29, 0.717) is 73.4 Å². The highest BCUT2D eigenvalue weighted by Gasteiger charge is 2.24. The van der Waals surface area contributed by atoms with Crippen molar-refractivity contribution in [2.24, 2.45) is 21.1 Å². The second kappa shape index (κ2) is 37.0. The number of imidazole rings is 3. The number of nitrogens with one attached hydrogen (secondary N) is 2. The summed E-state index contributed by atoms with van der Waals surface area (Å²) in [4.78, 5) is 114. The Balaban J connectivity index is 0.000000169. The molecular weight excluding hydrogens is 1510 g/mol. The fourth-order valence-corrected chi connectivity index (χ4v) is 17.9. The highest BCUT2D eigenvalue weighted by Crippen LogP contribution is 2.26. The van der Waals surface area contributed by atoms with Crippen LogP contribution >= 0.6 is 88.9 Å². The van der Waals surface area contributed by atoms with E-state index >= 15 is 0 Å². The Morgan fingerprint density at radius 3 is 1.25 bits per heavy atom. The number of nitrogens with zero attached hydrogens (tertiary/aromatic N) is 24. The van der Waals surface area contributed by atoms with Crippen LogP contribution in [0.4, 0.5) is 17.5 Å². The Bertz CT molecular complexity index is 4750. The molecule has 8 N–H and O–H groups in total. The van der Waals surface area contributed by atoms with Crippen molar-refractivity contribution >= 4 is 141 Å². The third kappa shape index (κ3) is 20.1. The molecule has 36 nitrogen and oxygen atoms in total.